The van der Waals surface area contributed by atoms with E-state index in [-0.39, 0.29) is 10.8 Å². The second kappa shape index (κ2) is 13.8. The number of methoxy groups -OCH3 is 2. The van der Waals surface area contributed by atoms with Gasteiger partial charge in [-0.05, 0) is 67.9 Å². The number of benzene rings is 3. The van der Waals surface area contributed by atoms with Crippen molar-refractivity contribution in [2.24, 2.45) is 5.73 Å². The molecule has 1 heterocycles. The number of nitrogens with zero attached hydrogens (tertiary/aromatic N) is 1. The average molecular weight is 599 g/mol. The van der Waals surface area contributed by atoms with Gasteiger partial charge in [0.15, 0.2) is 15.1 Å². The maximum atomic E-state index is 13.0. The maximum absolute atomic E-state index is 13.0. The summed E-state index contributed by atoms with van der Waals surface area (Å²) in [4.78, 5) is 37.1. The molecule has 0 fully saturated rings. The summed E-state index contributed by atoms with van der Waals surface area (Å²) in [5, 5.41) is 10.4. The molecule has 224 valence electrons. The predicted molar refractivity (Wildman–Crippen MR) is 156 cm³/mol. The molecule has 0 saturated heterocycles. The van der Waals surface area contributed by atoms with E-state index in [0.29, 0.717) is 41.4 Å². The Bertz CT molecular complexity index is 1540. The first-order valence-corrected chi connectivity index (χ1v) is 14.5. The van der Waals surface area contributed by atoms with E-state index < -0.39 is 32.9 Å². The van der Waals surface area contributed by atoms with Crippen molar-refractivity contribution in [1.29, 1.82) is 0 Å². The smallest absolute Gasteiger partial charge is 0.264 e. The van der Waals surface area contributed by atoms with Crippen LogP contribution in [0.2, 0.25) is 0 Å². The molecular formula is C29H34N4O8S. The fourth-order valence-electron chi connectivity index (χ4n) is 4.59. The molecule has 1 aliphatic heterocycles. The number of amides is 3. The number of carbonyl (C=O) groups excluding carboxylic acids is 3. The largest absolute Gasteiger partial charge is 0.497 e. The molecule has 3 amide bonds. The topological polar surface area (TPSA) is 177 Å². The highest BCUT2D eigenvalue weighted by Crippen LogP contribution is 2.38. The van der Waals surface area contributed by atoms with Gasteiger partial charge in [0.05, 0.1) is 30.8 Å². The van der Waals surface area contributed by atoms with E-state index in [9.17, 15) is 22.8 Å². The Labute approximate surface area is 244 Å². The third kappa shape index (κ3) is 6.98. The standard InChI is InChI=1S/C21H25N3O6S.C8H9NO2/c1-4-24-13(2)19(21(26)23-27)31(28,29)18-10-7-15(11-17(18)24)20(25)22-12-14-5-8-16(30-3)9-6-14;1-11-7-4-2-3-6(5-7)8(9)10/h5-11,13,19,27H,4,12H2,1-3H3,(H,22,25)(H,23,26);2-5H,1H3,(H2,9,10). The molecule has 1 aliphatic rings. The van der Waals surface area contributed by atoms with Crippen LogP contribution in [0.5, 0.6) is 11.5 Å². The Morgan fingerprint density at radius 2 is 1.62 bits per heavy atom. The molecule has 0 bridgehead atoms. The van der Waals surface area contributed by atoms with Gasteiger partial charge in [-0.2, -0.15) is 0 Å². The Hall–Kier alpha value is -4.62. The summed E-state index contributed by atoms with van der Waals surface area (Å²) in [5.74, 6) is -0.425. The highest BCUT2D eigenvalue weighted by Gasteiger charge is 2.46. The molecule has 5 N–H and O–H groups in total. The van der Waals surface area contributed by atoms with Crippen LogP contribution in [0.4, 0.5) is 5.69 Å². The maximum Gasteiger partial charge on any atom is 0.264 e. The molecule has 2 unspecified atom stereocenters. The highest BCUT2D eigenvalue weighted by atomic mass is 32.2. The van der Waals surface area contributed by atoms with Gasteiger partial charge in [0.1, 0.15) is 11.5 Å². The van der Waals surface area contributed by atoms with Crippen molar-refractivity contribution in [3.05, 3.63) is 83.4 Å². The van der Waals surface area contributed by atoms with E-state index in [1.807, 2.05) is 19.1 Å². The quantitative estimate of drug-likeness (QED) is 0.224. The zero-order valence-electron chi connectivity index (χ0n) is 23.7. The van der Waals surface area contributed by atoms with E-state index >= 15 is 0 Å². The van der Waals surface area contributed by atoms with Crippen LogP contribution in [-0.2, 0) is 21.2 Å². The number of hydrogen-bond donors (Lipinski definition) is 4. The Kier molecular flexibility index (Phi) is 10.5. The lowest BCUT2D eigenvalue weighted by atomic mass is 10.1. The predicted octanol–water partition coefficient (Wildman–Crippen LogP) is 2.30. The first-order chi connectivity index (χ1) is 20.0. The van der Waals surface area contributed by atoms with E-state index in [1.54, 1.807) is 62.4 Å². The third-order valence-corrected chi connectivity index (χ3v) is 9.01. The Balaban J connectivity index is 0.000000369. The van der Waals surface area contributed by atoms with Gasteiger partial charge in [0.25, 0.3) is 11.8 Å². The number of nitrogens with one attached hydrogen (secondary N) is 2. The molecule has 0 aliphatic carbocycles. The number of carbonyl (C=O) groups is 3. The lowest BCUT2D eigenvalue weighted by Crippen LogP contribution is -2.56. The number of hydroxylamine groups is 1. The van der Waals surface area contributed by atoms with E-state index in [0.717, 1.165) is 5.56 Å². The normalized spacial score (nSPS) is 16.6. The minimum atomic E-state index is -4.05. The van der Waals surface area contributed by atoms with Gasteiger partial charge in [-0.1, -0.05) is 18.2 Å². The van der Waals surface area contributed by atoms with Crippen molar-refractivity contribution in [1.82, 2.24) is 10.8 Å². The number of fused-ring (bicyclic) bond motifs is 1. The van der Waals surface area contributed by atoms with E-state index in [1.165, 1.54) is 23.7 Å². The minimum absolute atomic E-state index is 0.0484. The monoisotopic (exact) mass is 598 g/mol. The number of ether oxygens (including phenoxy) is 2. The van der Waals surface area contributed by atoms with Crippen LogP contribution in [0.3, 0.4) is 0 Å². The van der Waals surface area contributed by atoms with Crippen molar-refractivity contribution >= 4 is 33.2 Å². The molecule has 3 aromatic rings. The highest BCUT2D eigenvalue weighted by molar-refractivity contribution is 7.93. The van der Waals surface area contributed by atoms with Crippen LogP contribution in [-0.4, -0.2) is 63.4 Å². The summed E-state index contributed by atoms with van der Waals surface area (Å²) in [6.45, 7) is 4.13. The van der Waals surface area contributed by atoms with Gasteiger partial charge in [-0.15, -0.1) is 0 Å². The third-order valence-electron chi connectivity index (χ3n) is 6.78. The first kappa shape index (κ1) is 31.9. The van der Waals surface area contributed by atoms with Crippen molar-refractivity contribution in [2.75, 3.05) is 25.7 Å². The molecule has 4 rings (SSSR count). The van der Waals surface area contributed by atoms with Crippen molar-refractivity contribution in [2.45, 2.75) is 36.6 Å². The number of sulfone groups is 1. The summed E-state index contributed by atoms with van der Waals surface area (Å²) < 4.78 is 36.0. The Morgan fingerprint density at radius 1 is 0.952 bits per heavy atom. The Morgan fingerprint density at radius 3 is 2.19 bits per heavy atom. The van der Waals surface area contributed by atoms with Crippen molar-refractivity contribution in [3.8, 4) is 11.5 Å². The lowest BCUT2D eigenvalue weighted by molar-refractivity contribution is -0.129. The number of anilines is 1. The molecule has 2 atom stereocenters. The van der Waals surface area contributed by atoms with Crippen LogP contribution < -0.4 is 30.9 Å². The molecule has 3 aromatic carbocycles. The molecule has 0 saturated carbocycles. The molecular weight excluding hydrogens is 564 g/mol. The van der Waals surface area contributed by atoms with Gasteiger partial charge in [-0.3, -0.25) is 19.6 Å². The van der Waals surface area contributed by atoms with Gasteiger partial charge in [0.2, 0.25) is 5.91 Å². The number of primary amides is 1. The molecule has 0 aromatic heterocycles. The second-order valence-electron chi connectivity index (χ2n) is 9.28. The van der Waals surface area contributed by atoms with Gasteiger partial charge < -0.3 is 25.4 Å². The molecule has 42 heavy (non-hydrogen) atoms. The summed E-state index contributed by atoms with van der Waals surface area (Å²) in [7, 11) is -0.931. The summed E-state index contributed by atoms with van der Waals surface area (Å²) >= 11 is 0. The molecule has 0 spiro atoms. The molecule has 13 heteroatoms. The van der Waals surface area contributed by atoms with E-state index in [2.05, 4.69) is 5.32 Å². The van der Waals surface area contributed by atoms with Crippen LogP contribution in [0.25, 0.3) is 0 Å². The van der Waals surface area contributed by atoms with Crippen LogP contribution in [0, 0.1) is 0 Å². The van der Waals surface area contributed by atoms with Gasteiger partial charge >= 0.3 is 0 Å². The van der Waals surface area contributed by atoms with Crippen molar-refractivity contribution < 1.29 is 37.5 Å². The second-order valence-corrected chi connectivity index (χ2v) is 11.3. The van der Waals surface area contributed by atoms with Crippen LogP contribution >= 0.6 is 0 Å². The zero-order chi connectivity index (χ0) is 31.0. The zero-order valence-corrected chi connectivity index (χ0v) is 24.5. The SMILES string of the molecule is CCN1c2cc(C(=O)NCc3ccc(OC)cc3)ccc2S(=O)(=O)C(C(=O)NO)C1C.COc1cccc(C(N)=O)c1. The van der Waals surface area contributed by atoms with Crippen molar-refractivity contribution in [3.63, 3.8) is 0 Å². The number of rotatable bonds is 8. The first-order valence-electron chi connectivity index (χ1n) is 12.9. The fraction of sp³-hybridized carbons (Fsp3) is 0.276. The van der Waals surface area contributed by atoms with Crippen LogP contribution in [0.1, 0.15) is 40.1 Å². The number of hydrogen-bond acceptors (Lipinski definition) is 9. The lowest BCUT2D eigenvalue weighted by Gasteiger charge is -2.40. The van der Waals surface area contributed by atoms with Gasteiger partial charge in [0, 0.05) is 24.2 Å². The summed E-state index contributed by atoms with van der Waals surface area (Å²) in [6.07, 6.45) is 0. The van der Waals surface area contributed by atoms with Crippen LogP contribution in [0.15, 0.2) is 71.6 Å². The fourth-order valence-corrected chi connectivity index (χ4v) is 6.59. The minimum Gasteiger partial charge on any atom is -0.497 e. The van der Waals surface area contributed by atoms with Gasteiger partial charge in [-0.25, -0.2) is 13.9 Å². The molecule has 0 radical (unpaired) electrons. The summed E-state index contributed by atoms with van der Waals surface area (Å²) in [6, 6.07) is 17.5. The summed E-state index contributed by atoms with van der Waals surface area (Å²) in [5.41, 5.74) is 8.50. The average Bonchev–Trinajstić information content (AvgIpc) is 3.00. The van der Waals surface area contributed by atoms with E-state index in [4.69, 9.17) is 20.4 Å². The number of nitrogens with two attached hydrogens (primary N) is 1. The molecule has 12 nitrogen and oxygen atoms in total.